The first-order valence-corrected chi connectivity index (χ1v) is 5.41. The number of pyridine rings is 1. The lowest BCUT2D eigenvalue weighted by atomic mass is 10.2. The molecule has 4 heteroatoms. The van der Waals surface area contributed by atoms with Gasteiger partial charge in [0.15, 0.2) is 0 Å². The third kappa shape index (κ3) is 2.83. The van der Waals surface area contributed by atoms with Gasteiger partial charge < -0.3 is 15.8 Å². The monoisotopic (exact) mass is 207 g/mol. The van der Waals surface area contributed by atoms with Gasteiger partial charge in [-0.25, -0.2) is 0 Å². The van der Waals surface area contributed by atoms with E-state index in [1.54, 1.807) is 12.4 Å². The Kier molecular flexibility index (Phi) is 3.40. The molecule has 0 bridgehead atoms. The predicted octanol–water partition coefficient (Wildman–Crippen LogP) is 1.64. The van der Waals surface area contributed by atoms with Gasteiger partial charge in [-0.2, -0.15) is 0 Å². The highest BCUT2D eigenvalue weighted by Crippen LogP contribution is 2.18. The summed E-state index contributed by atoms with van der Waals surface area (Å²) in [4.78, 5) is 3.94. The van der Waals surface area contributed by atoms with Crippen LogP contribution in [0.4, 0.5) is 11.4 Å². The average Bonchev–Trinajstić information content (AvgIpc) is 2.74. The van der Waals surface area contributed by atoms with E-state index < -0.39 is 0 Å². The minimum absolute atomic E-state index is 0.431. The number of hydrogen-bond donors (Lipinski definition) is 2. The minimum atomic E-state index is 0.431. The van der Waals surface area contributed by atoms with Crippen molar-refractivity contribution in [2.24, 2.45) is 0 Å². The maximum atomic E-state index is 5.76. The van der Waals surface area contributed by atoms with E-state index in [2.05, 4.69) is 10.3 Å². The fraction of sp³-hybridized carbons (Fsp3) is 0.545. The Hall–Kier alpha value is -1.29. The van der Waals surface area contributed by atoms with E-state index in [1.807, 2.05) is 6.07 Å². The summed E-state index contributed by atoms with van der Waals surface area (Å²) in [5.74, 6) is 0. The van der Waals surface area contributed by atoms with Crippen LogP contribution in [-0.4, -0.2) is 24.2 Å². The van der Waals surface area contributed by atoms with Gasteiger partial charge in [0.2, 0.25) is 0 Å². The van der Waals surface area contributed by atoms with E-state index in [9.17, 15) is 0 Å². The first kappa shape index (κ1) is 10.2. The largest absolute Gasteiger partial charge is 0.396 e. The summed E-state index contributed by atoms with van der Waals surface area (Å²) < 4.78 is 5.54. The molecule has 82 valence electrons. The molecule has 1 atom stereocenters. The molecule has 0 aliphatic carbocycles. The normalized spacial score (nSPS) is 20.4. The van der Waals surface area contributed by atoms with Crippen molar-refractivity contribution in [3.8, 4) is 0 Å². The predicted molar refractivity (Wildman–Crippen MR) is 60.7 cm³/mol. The fourth-order valence-corrected chi connectivity index (χ4v) is 1.81. The number of anilines is 2. The van der Waals surface area contributed by atoms with E-state index in [4.69, 9.17) is 10.5 Å². The third-order valence-electron chi connectivity index (χ3n) is 2.66. The minimum Gasteiger partial charge on any atom is -0.396 e. The average molecular weight is 207 g/mol. The first-order valence-electron chi connectivity index (χ1n) is 5.41. The zero-order valence-corrected chi connectivity index (χ0v) is 8.78. The van der Waals surface area contributed by atoms with Gasteiger partial charge in [-0.05, 0) is 25.3 Å². The highest BCUT2D eigenvalue weighted by molar-refractivity contribution is 5.64. The number of ether oxygens (including phenoxy) is 1. The number of nitrogens with two attached hydrogens (primary N) is 1. The van der Waals surface area contributed by atoms with Crippen LogP contribution >= 0.6 is 0 Å². The molecule has 1 aliphatic heterocycles. The topological polar surface area (TPSA) is 60.2 Å². The van der Waals surface area contributed by atoms with Crippen molar-refractivity contribution in [3.63, 3.8) is 0 Å². The Morgan fingerprint density at radius 1 is 1.60 bits per heavy atom. The molecule has 2 heterocycles. The number of nitrogens with zero attached hydrogens (tertiary/aromatic N) is 1. The van der Waals surface area contributed by atoms with Crippen LogP contribution in [0.25, 0.3) is 0 Å². The van der Waals surface area contributed by atoms with Crippen molar-refractivity contribution in [1.29, 1.82) is 0 Å². The summed E-state index contributed by atoms with van der Waals surface area (Å²) >= 11 is 0. The molecule has 4 nitrogen and oxygen atoms in total. The summed E-state index contributed by atoms with van der Waals surface area (Å²) in [6.45, 7) is 1.82. The van der Waals surface area contributed by atoms with Gasteiger partial charge in [0.1, 0.15) is 0 Å². The molecule has 0 aromatic carbocycles. The molecule has 1 saturated heterocycles. The lowest BCUT2D eigenvalue weighted by molar-refractivity contribution is 0.107. The SMILES string of the molecule is Nc1cnccc1NCCC1CCCO1. The Bertz CT molecular complexity index is 310. The van der Waals surface area contributed by atoms with Gasteiger partial charge in [0.25, 0.3) is 0 Å². The molecule has 3 N–H and O–H groups in total. The van der Waals surface area contributed by atoms with Crippen LogP contribution in [0.3, 0.4) is 0 Å². The van der Waals surface area contributed by atoms with Crippen LogP contribution in [0.2, 0.25) is 0 Å². The maximum Gasteiger partial charge on any atom is 0.0736 e. The number of nitrogens with one attached hydrogen (secondary N) is 1. The molecule has 1 unspecified atom stereocenters. The summed E-state index contributed by atoms with van der Waals surface area (Å²) in [5.41, 5.74) is 7.42. The Morgan fingerprint density at radius 2 is 2.53 bits per heavy atom. The molecule has 1 aromatic rings. The molecule has 1 aliphatic rings. The number of nitrogen functional groups attached to an aromatic ring is 1. The summed E-state index contributed by atoms with van der Waals surface area (Å²) in [6, 6.07) is 1.89. The molecule has 0 saturated carbocycles. The Labute approximate surface area is 89.8 Å². The first-order chi connectivity index (χ1) is 7.36. The lowest BCUT2D eigenvalue weighted by Crippen LogP contribution is -2.13. The summed E-state index contributed by atoms with van der Waals surface area (Å²) in [5, 5.41) is 3.29. The number of aromatic nitrogens is 1. The maximum absolute atomic E-state index is 5.76. The van der Waals surface area contributed by atoms with Crippen molar-refractivity contribution >= 4 is 11.4 Å². The van der Waals surface area contributed by atoms with Crippen molar-refractivity contribution in [2.45, 2.75) is 25.4 Å². The molecule has 1 aromatic heterocycles. The molecule has 0 radical (unpaired) electrons. The molecule has 15 heavy (non-hydrogen) atoms. The molecule has 1 fully saturated rings. The quantitative estimate of drug-likeness (QED) is 0.788. The van der Waals surface area contributed by atoms with Gasteiger partial charge in [0, 0.05) is 19.3 Å². The Morgan fingerprint density at radius 3 is 3.27 bits per heavy atom. The van der Waals surface area contributed by atoms with Crippen molar-refractivity contribution in [3.05, 3.63) is 18.5 Å². The molecule has 0 spiro atoms. The molecule has 0 amide bonds. The van der Waals surface area contributed by atoms with Crippen LogP contribution in [0, 0.1) is 0 Å². The summed E-state index contributed by atoms with van der Waals surface area (Å²) in [7, 11) is 0. The zero-order chi connectivity index (χ0) is 10.5. The third-order valence-corrected chi connectivity index (χ3v) is 2.66. The van der Waals surface area contributed by atoms with Crippen LogP contribution in [0.5, 0.6) is 0 Å². The number of hydrogen-bond acceptors (Lipinski definition) is 4. The fourth-order valence-electron chi connectivity index (χ4n) is 1.81. The van der Waals surface area contributed by atoms with E-state index in [0.717, 1.165) is 25.3 Å². The molecular weight excluding hydrogens is 190 g/mol. The van der Waals surface area contributed by atoms with E-state index >= 15 is 0 Å². The second kappa shape index (κ2) is 4.98. The van der Waals surface area contributed by atoms with Crippen LogP contribution in [0.15, 0.2) is 18.5 Å². The highest BCUT2D eigenvalue weighted by atomic mass is 16.5. The van der Waals surface area contributed by atoms with E-state index in [1.165, 1.54) is 12.8 Å². The Balaban J connectivity index is 1.75. The van der Waals surface area contributed by atoms with Gasteiger partial charge in [-0.1, -0.05) is 0 Å². The lowest BCUT2D eigenvalue weighted by Gasteiger charge is -2.11. The van der Waals surface area contributed by atoms with Crippen molar-refractivity contribution in [1.82, 2.24) is 4.98 Å². The van der Waals surface area contributed by atoms with Gasteiger partial charge in [-0.3, -0.25) is 4.98 Å². The standard InChI is InChI=1S/C11H17N3O/c12-10-8-13-5-4-11(10)14-6-3-9-2-1-7-15-9/h4-5,8-9H,1-3,6-7,12H2,(H,13,14). The summed E-state index contributed by atoms with van der Waals surface area (Å²) in [6.07, 6.45) is 7.26. The van der Waals surface area contributed by atoms with Crippen LogP contribution in [-0.2, 0) is 4.74 Å². The zero-order valence-electron chi connectivity index (χ0n) is 8.78. The van der Waals surface area contributed by atoms with Crippen molar-refractivity contribution in [2.75, 3.05) is 24.2 Å². The molecular formula is C11H17N3O. The van der Waals surface area contributed by atoms with Crippen molar-refractivity contribution < 1.29 is 4.74 Å². The van der Waals surface area contributed by atoms with E-state index in [0.29, 0.717) is 11.8 Å². The number of rotatable bonds is 4. The molecule has 2 rings (SSSR count). The highest BCUT2D eigenvalue weighted by Gasteiger charge is 2.14. The van der Waals surface area contributed by atoms with Crippen LogP contribution < -0.4 is 11.1 Å². The van der Waals surface area contributed by atoms with E-state index in [-0.39, 0.29) is 0 Å². The second-order valence-electron chi connectivity index (χ2n) is 3.81. The van der Waals surface area contributed by atoms with Gasteiger partial charge in [-0.15, -0.1) is 0 Å². The van der Waals surface area contributed by atoms with Gasteiger partial charge in [0.05, 0.1) is 23.7 Å². The second-order valence-corrected chi connectivity index (χ2v) is 3.81. The van der Waals surface area contributed by atoms with Gasteiger partial charge >= 0.3 is 0 Å². The van der Waals surface area contributed by atoms with Crippen LogP contribution in [0.1, 0.15) is 19.3 Å². The smallest absolute Gasteiger partial charge is 0.0736 e.